The number of benzene rings is 3. The fourth-order valence-corrected chi connectivity index (χ4v) is 2.64. The molecule has 3 nitrogen and oxygen atoms in total. The smallest absolute Gasteiger partial charge is 0.244 e. The molecule has 4 rings (SSSR count). The zero-order chi connectivity index (χ0) is 13.5. The predicted octanol–water partition coefficient (Wildman–Crippen LogP) is 2.88. The Bertz CT molecular complexity index is 968. The van der Waals surface area contributed by atoms with Crippen molar-refractivity contribution < 1.29 is 4.79 Å². The molecule has 0 atom stereocenters. The Morgan fingerprint density at radius 3 is 2.40 bits per heavy atom. The van der Waals surface area contributed by atoms with Gasteiger partial charge in [-0.3, -0.25) is 0 Å². The lowest BCUT2D eigenvalue weighted by Crippen LogP contribution is -2.23. The SMILES string of the molecule is O=C1N=c2cccc(-c3cccc4ccccc34)c2=N1. The molecule has 0 aliphatic carbocycles. The van der Waals surface area contributed by atoms with E-state index in [1.54, 1.807) is 0 Å². The van der Waals surface area contributed by atoms with Gasteiger partial charge in [-0.25, -0.2) is 4.79 Å². The largest absolute Gasteiger partial charge is 0.368 e. The Morgan fingerprint density at radius 2 is 1.45 bits per heavy atom. The van der Waals surface area contributed by atoms with Crippen LogP contribution < -0.4 is 10.7 Å². The zero-order valence-electron chi connectivity index (χ0n) is 10.6. The van der Waals surface area contributed by atoms with Crippen LogP contribution in [0.15, 0.2) is 70.6 Å². The van der Waals surface area contributed by atoms with Gasteiger partial charge in [-0.1, -0.05) is 54.6 Å². The van der Waals surface area contributed by atoms with Crippen molar-refractivity contribution in [3.05, 3.63) is 71.4 Å². The molecule has 0 bridgehead atoms. The van der Waals surface area contributed by atoms with Crippen molar-refractivity contribution in [2.24, 2.45) is 9.98 Å². The minimum atomic E-state index is -0.423. The lowest BCUT2D eigenvalue weighted by Gasteiger charge is -2.06. The van der Waals surface area contributed by atoms with Gasteiger partial charge in [0.25, 0.3) is 0 Å². The molecule has 0 saturated carbocycles. The van der Waals surface area contributed by atoms with Crippen molar-refractivity contribution in [3.63, 3.8) is 0 Å². The number of para-hydroxylation sites is 1. The summed E-state index contributed by atoms with van der Waals surface area (Å²) in [6.45, 7) is 0. The van der Waals surface area contributed by atoms with Crippen LogP contribution in [-0.4, -0.2) is 6.03 Å². The van der Waals surface area contributed by atoms with E-state index in [-0.39, 0.29) is 0 Å². The van der Waals surface area contributed by atoms with Crippen LogP contribution in [0.5, 0.6) is 0 Å². The molecule has 94 valence electrons. The number of hydrogen-bond donors (Lipinski definition) is 0. The lowest BCUT2D eigenvalue weighted by atomic mass is 9.98. The normalized spacial score (nSPS) is 12.9. The van der Waals surface area contributed by atoms with Crippen LogP contribution in [0, 0.1) is 0 Å². The number of carbonyl (C=O) groups is 1. The molecule has 2 amide bonds. The van der Waals surface area contributed by atoms with Crippen molar-refractivity contribution in [1.82, 2.24) is 0 Å². The second-order valence-electron chi connectivity index (χ2n) is 4.71. The van der Waals surface area contributed by atoms with Gasteiger partial charge in [0.2, 0.25) is 0 Å². The van der Waals surface area contributed by atoms with Crippen molar-refractivity contribution in [1.29, 1.82) is 0 Å². The number of rotatable bonds is 1. The summed E-state index contributed by atoms with van der Waals surface area (Å²) in [7, 11) is 0. The average Bonchev–Trinajstić information content (AvgIpc) is 2.87. The quantitative estimate of drug-likeness (QED) is 0.661. The molecule has 0 fully saturated rings. The van der Waals surface area contributed by atoms with Crippen LogP contribution >= 0.6 is 0 Å². The summed E-state index contributed by atoms with van der Waals surface area (Å²) in [6, 6.07) is 19.6. The summed E-state index contributed by atoms with van der Waals surface area (Å²) >= 11 is 0. The van der Waals surface area contributed by atoms with Crippen LogP contribution in [0.3, 0.4) is 0 Å². The van der Waals surface area contributed by atoms with Gasteiger partial charge in [0.1, 0.15) is 5.36 Å². The molecule has 0 unspecified atom stereocenters. The fourth-order valence-electron chi connectivity index (χ4n) is 2.64. The third-order valence-electron chi connectivity index (χ3n) is 3.52. The zero-order valence-corrected chi connectivity index (χ0v) is 10.6. The molecule has 3 aromatic rings. The first-order valence-corrected chi connectivity index (χ1v) is 6.41. The van der Waals surface area contributed by atoms with E-state index in [1.165, 1.54) is 5.39 Å². The third kappa shape index (κ3) is 1.57. The second kappa shape index (κ2) is 4.10. The van der Waals surface area contributed by atoms with Crippen LogP contribution in [0.25, 0.3) is 21.9 Å². The van der Waals surface area contributed by atoms with Gasteiger partial charge in [0.05, 0.1) is 5.36 Å². The predicted molar refractivity (Wildman–Crippen MR) is 77.1 cm³/mol. The molecule has 1 aliphatic rings. The van der Waals surface area contributed by atoms with E-state index in [2.05, 4.69) is 34.3 Å². The molecule has 20 heavy (non-hydrogen) atoms. The van der Waals surface area contributed by atoms with Gasteiger partial charge >= 0.3 is 6.03 Å². The summed E-state index contributed by atoms with van der Waals surface area (Å²) in [5.41, 5.74) is 2.03. The summed E-state index contributed by atoms with van der Waals surface area (Å²) in [5, 5.41) is 3.65. The summed E-state index contributed by atoms with van der Waals surface area (Å²) < 4.78 is 0. The molecule has 1 heterocycles. The molecule has 0 radical (unpaired) electrons. The van der Waals surface area contributed by atoms with Crippen molar-refractivity contribution in [3.8, 4) is 11.1 Å². The van der Waals surface area contributed by atoms with Crippen LogP contribution in [-0.2, 0) is 0 Å². The van der Waals surface area contributed by atoms with Crippen LogP contribution in [0.1, 0.15) is 0 Å². The van der Waals surface area contributed by atoms with Gasteiger partial charge < -0.3 is 0 Å². The lowest BCUT2D eigenvalue weighted by molar-refractivity contribution is 0.256. The van der Waals surface area contributed by atoms with Gasteiger partial charge in [-0.2, -0.15) is 9.98 Å². The minimum absolute atomic E-state index is 0.423. The van der Waals surface area contributed by atoms with E-state index in [0.717, 1.165) is 16.5 Å². The van der Waals surface area contributed by atoms with Gasteiger partial charge in [-0.05, 0) is 22.4 Å². The Kier molecular flexibility index (Phi) is 2.27. The van der Waals surface area contributed by atoms with Crippen LogP contribution in [0.4, 0.5) is 4.79 Å². The highest BCUT2D eigenvalue weighted by Crippen LogP contribution is 2.26. The Balaban J connectivity index is 2.13. The molecule has 3 aromatic carbocycles. The number of amides is 2. The molecule has 1 aliphatic heterocycles. The number of carbonyl (C=O) groups excluding carboxylic acids is 1. The molecule has 3 heteroatoms. The third-order valence-corrected chi connectivity index (χ3v) is 3.52. The standard InChI is InChI=1S/C17H10N2O/c20-17-18-15-10-4-9-14(16(15)19-17)13-8-3-6-11-5-1-2-7-12(11)13/h1-10H. The maximum absolute atomic E-state index is 11.4. The number of nitrogens with zero attached hydrogens (tertiary/aromatic N) is 2. The first-order valence-electron chi connectivity index (χ1n) is 6.41. The van der Waals surface area contributed by atoms with Crippen molar-refractivity contribution in [2.75, 3.05) is 0 Å². The fraction of sp³-hybridized carbons (Fsp3) is 0. The Morgan fingerprint density at radius 1 is 0.700 bits per heavy atom. The monoisotopic (exact) mass is 258 g/mol. The van der Waals surface area contributed by atoms with Crippen molar-refractivity contribution >= 4 is 16.8 Å². The summed E-state index contributed by atoms with van der Waals surface area (Å²) in [6.07, 6.45) is 0. The molecule has 0 N–H and O–H groups in total. The molecule has 0 saturated heterocycles. The minimum Gasteiger partial charge on any atom is -0.244 e. The molecule has 0 aromatic heterocycles. The van der Waals surface area contributed by atoms with Gasteiger partial charge in [-0.15, -0.1) is 0 Å². The maximum atomic E-state index is 11.4. The van der Waals surface area contributed by atoms with E-state index >= 15 is 0 Å². The highest BCUT2D eigenvalue weighted by molar-refractivity contribution is 5.96. The topological polar surface area (TPSA) is 41.8 Å². The summed E-state index contributed by atoms with van der Waals surface area (Å²) in [4.78, 5) is 19.4. The van der Waals surface area contributed by atoms with Gasteiger partial charge in [0, 0.05) is 5.56 Å². The number of hydrogen-bond acceptors (Lipinski definition) is 1. The van der Waals surface area contributed by atoms with E-state index in [0.29, 0.717) is 10.7 Å². The number of fused-ring (bicyclic) bond motifs is 2. The first-order chi connectivity index (χ1) is 9.83. The van der Waals surface area contributed by atoms with Crippen molar-refractivity contribution in [2.45, 2.75) is 0 Å². The maximum Gasteiger partial charge on any atom is 0.368 e. The van der Waals surface area contributed by atoms with Crippen LogP contribution in [0.2, 0.25) is 0 Å². The first kappa shape index (κ1) is 11.1. The van der Waals surface area contributed by atoms with E-state index in [9.17, 15) is 4.79 Å². The van der Waals surface area contributed by atoms with E-state index in [4.69, 9.17) is 0 Å². The molecule has 0 spiro atoms. The van der Waals surface area contributed by atoms with Gasteiger partial charge in [0.15, 0.2) is 0 Å². The Hall–Kier alpha value is -2.81. The number of urea groups is 1. The highest BCUT2D eigenvalue weighted by Gasteiger charge is 2.11. The molecular weight excluding hydrogens is 248 g/mol. The van der Waals surface area contributed by atoms with E-state index < -0.39 is 6.03 Å². The summed E-state index contributed by atoms with van der Waals surface area (Å²) in [5.74, 6) is 0. The second-order valence-corrected chi connectivity index (χ2v) is 4.71. The highest BCUT2D eigenvalue weighted by atomic mass is 16.2. The van der Waals surface area contributed by atoms with E-state index in [1.807, 2.05) is 36.4 Å². The molecular formula is C17H10N2O. The average molecular weight is 258 g/mol. The Labute approximate surface area is 114 Å².